The van der Waals surface area contributed by atoms with Crippen LogP contribution in [0.4, 0.5) is 0 Å². The van der Waals surface area contributed by atoms with Crippen LogP contribution in [0.2, 0.25) is 0 Å². The summed E-state index contributed by atoms with van der Waals surface area (Å²) in [5.74, 6) is 3.09. The van der Waals surface area contributed by atoms with E-state index in [0.717, 1.165) is 24.2 Å². The lowest BCUT2D eigenvalue weighted by Gasteiger charge is -2.37. The summed E-state index contributed by atoms with van der Waals surface area (Å²) in [4.78, 5) is 12.5. The lowest BCUT2D eigenvalue weighted by Crippen LogP contribution is -2.34. The molecule has 2 aromatic rings. The molecule has 120 valence electrons. The molecule has 0 aliphatic heterocycles. The molecule has 1 heterocycles. The van der Waals surface area contributed by atoms with Crippen molar-refractivity contribution in [3.05, 3.63) is 35.2 Å². The van der Waals surface area contributed by atoms with Gasteiger partial charge in [0.1, 0.15) is 0 Å². The predicted molar refractivity (Wildman–Crippen MR) is 94.3 cm³/mol. The summed E-state index contributed by atoms with van der Waals surface area (Å²) in [6.45, 7) is 0.676. The molecule has 23 heavy (non-hydrogen) atoms. The lowest BCUT2D eigenvalue weighted by atomic mass is 9.67. The molecule has 1 amide bonds. The average Bonchev–Trinajstić information content (AvgIpc) is 3.13. The van der Waals surface area contributed by atoms with Gasteiger partial charge in [0, 0.05) is 17.7 Å². The molecule has 2 unspecified atom stereocenters. The molecule has 4 fully saturated rings. The maximum atomic E-state index is 12.5. The molecule has 1 N–H and O–H groups in total. The van der Waals surface area contributed by atoms with Crippen molar-refractivity contribution >= 4 is 27.3 Å². The third kappa shape index (κ3) is 2.32. The van der Waals surface area contributed by atoms with Crippen molar-refractivity contribution in [2.24, 2.45) is 23.2 Å². The van der Waals surface area contributed by atoms with Gasteiger partial charge in [0.2, 0.25) is 5.91 Å². The number of amides is 1. The third-order valence-electron chi connectivity index (χ3n) is 6.62. The molecule has 3 heteroatoms. The molecular formula is C20H23NOS. The quantitative estimate of drug-likeness (QED) is 0.865. The van der Waals surface area contributed by atoms with E-state index in [1.165, 1.54) is 47.8 Å². The van der Waals surface area contributed by atoms with Gasteiger partial charge in [0.15, 0.2) is 0 Å². The lowest BCUT2D eigenvalue weighted by molar-refractivity contribution is -0.124. The molecule has 0 spiro atoms. The summed E-state index contributed by atoms with van der Waals surface area (Å²) >= 11 is 1.77. The highest BCUT2D eigenvalue weighted by molar-refractivity contribution is 7.17. The standard InChI is InChI=1S/C20H23NOS/c22-19(10-20-7-13-5-14(8-20)15(6-13)9-20)21-11-16-12-23-18-4-2-1-3-17(16)18/h1-4,12-15H,5-11H2,(H,21,22). The van der Waals surface area contributed by atoms with Gasteiger partial charge in [0.05, 0.1) is 0 Å². The highest BCUT2D eigenvalue weighted by Crippen LogP contribution is 2.65. The molecule has 4 bridgehead atoms. The monoisotopic (exact) mass is 325 g/mol. The number of carbonyl (C=O) groups is 1. The van der Waals surface area contributed by atoms with E-state index in [0.29, 0.717) is 12.0 Å². The van der Waals surface area contributed by atoms with E-state index < -0.39 is 0 Å². The fraction of sp³-hybridized carbons (Fsp3) is 0.550. The Morgan fingerprint density at radius 3 is 2.74 bits per heavy atom. The van der Waals surface area contributed by atoms with E-state index >= 15 is 0 Å². The van der Waals surface area contributed by atoms with Crippen molar-refractivity contribution in [3.8, 4) is 0 Å². The van der Waals surface area contributed by atoms with E-state index in [1.807, 2.05) is 0 Å². The fourth-order valence-corrected chi connectivity index (χ4v) is 6.92. The summed E-state index contributed by atoms with van der Waals surface area (Å²) in [5.41, 5.74) is 1.62. The minimum atomic E-state index is 0.266. The Morgan fingerprint density at radius 2 is 1.96 bits per heavy atom. The van der Waals surface area contributed by atoms with Crippen LogP contribution >= 0.6 is 11.3 Å². The van der Waals surface area contributed by atoms with Crippen molar-refractivity contribution in [1.82, 2.24) is 5.32 Å². The first-order valence-corrected chi connectivity index (χ1v) is 9.81. The molecule has 6 rings (SSSR count). The van der Waals surface area contributed by atoms with Crippen molar-refractivity contribution < 1.29 is 4.79 Å². The number of fused-ring (bicyclic) bond motifs is 1. The van der Waals surface area contributed by atoms with E-state index in [9.17, 15) is 4.79 Å². The number of rotatable bonds is 4. The van der Waals surface area contributed by atoms with Gasteiger partial charge >= 0.3 is 0 Å². The summed E-state index contributed by atoms with van der Waals surface area (Å²) in [5, 5.41) is 6.67. The van der Waals surface area contributed by atoms with Gasteiger partial charge in [-0.1, -0.05) is 18.2 Å². The van der Waals surface area contributed by atoms with Gasteiger partial charge < -0.3 is 5.32 Å². The van der Waals surface area contributed by atoms with Gasteiger partial charge in [-0.15, -0.1) is 11.3 Å². The van der Waals surface area contributed by atoms with Crippen LogP contribution in [0, 0.1) is 23.2 Å². The Hall–Kier alpha value is -1.35. The second kappa shape index (κ2) is 5.07. The molecule has 0 saturated heterocycles. The molecular weight excluding hydrogens is 302 g/mol. The number of hydrogen-bond donors (Lipinski definition) is 1. The van der Waals surface area contributed by atoms with Crippen LogP contribution in [0.1, 0.15) is 44.1 Å². The molecule has 1 aromatic carbocycles. The molecule has 1 aromatic heterocycles. The zero-order valence-electron chi connectivity index (χ0n) is 13.4. The average molecular weight is 325 g/mol. The smallest absolute Gasteiger partial charge is 0.220 e. The van der Waals surface area contributed by atoms with Gasteiger partial charge in [-0.3, -0.25) is 4.79 Å². The van der Waals surface area contributed by atoms with Gasteiger partial charge in [-0.25, -0.2) is 0 Å². The van der Waals surface area contributed by atoms with E-state index in [2.05, 4.69) is 35.0 Å². The first-order valence-electron chi connectivity index (χ1n) is 8.93. The molecule has 4 aliphatic rings. The third-order valence-corrected chi connectivity index (χ3v) is 7.64. The fourth-order valence-electron chi connectivity index (χ4n) is 5.96. The van der Waals surface area contributed by atoms with Crippen LogP contribution in [0.5, 0.6) is 0 Å². The zero-order valence-corrected chi connectivity index (χ0v) is 14.2. The van der Waals surface area contributed by atoms with Crippen LogP contribution in [0.15, 0.2) is 29.6 Å². The summed E-state index contributed by atoms with van der Waals surface area (Å²) < 4.78 is 1.31. The van der Waals surface area contributed by atoms with E-state index in [-0.39, 0.29) is 5.91 Å². The largest absolute Gasteiger partial charge is 0.352 e. The van der Waals surface area contributed by atoms with Crippen LogP contribution in [-0.4, -0.2) is 5.91 Å². The highest BCUT2D eigenvalue weighted by atomic mass is 32.1. The number of carbonyl (C=O) groups excluding carboxylic acids is 1. The van der Waals surface area contributed by atoms with Crippen LogP contribution in [0.3, 0.4) is 0 Å². The Morgan fingerprint density at radius 1 is 1.17 bits per heavy atom. The second-order valence-electron chi connectivity index (χ2n) is 8.18. The number of nitrogens with one attached hydrogen (secondary N) is 1. The Balaban J connectivity index is 1.24. The van der Waals surface area contributed by atoms with Gasteiger partial charge in [-0.2, -0.15) is 0 Å². The van der Waals surface area contributed by atoms with Crippen LogP contribution in [-0.2, 0) is 11.3 Å². The molecule has 0 radical (unpaired) electrons. The molecule has 2 atom stereocenters. The maximum Gasteiger partial charge on any atom is 0.220 e. The first-order chi connectivity index (χ1) is 11.2. The minimum absolute atomic E-state index is 0.266. The molecule has 2 nitrogen and oxygen atoms in total. The zero-order chi connectivity index (χ0) is 15.4. The predicted octanol–water partition coefficient (Wildman–Crippen LogP) is 4.73. The Kier molecular flexibility index (Phi) is 3.09. The SMILES string of the molecule is O=C(CC12CC3CC(C1)C(C3)C2)NCc1csc2ccccc12. The summed E-state index contributed by atoms with van der Waals surface area (Å²) in [7, 11) is 0. The molecule has 4 aliphatic carbocycles. The topological polar surface area (TPSA) is 29.1 Å². The second-order valence-corrected chi connectivity index (χ2v) is 9.09. The normalized spacial score (nSPS) is 34.3. The summed E-state index contributed by atoms with van der Waals surface area (Å²) in [6.07, 6.45) is 7.63. The first kappa shape index (κ1) is 14.0. The maximum absolute atomic E-state index is 12.5. The van der Waals surface area contributed by atoms with Gasteiger partial charge in [0.25, 0.3) is 0 Å². The number of benzene rings is 1. The Bertz CT molecular complexity index is 744. The minimum Gasteiger partial charge on any atom is -0.352 e. The Labute approximate surface area is 141 Å². The van der Waals surface area contributed by atoms with Crippen molar-refractivity contribution in [3.63, 3.8) is 0 Å². The van der Waals surface area contributed by atoms with E-state index in [4.69, 9.17) is 0 Å². The van der Waals surface area contributed by atoms with Crippen molar-refractivity contribution in [2.75, 3.05) is 0 Å². The van der Waals surface area contributed by atoms with Crippen LogP contribution in [0.25, 0.3) is 10.1 Å². The highest BCUT2D eigenvalue weighted by Gasteiger charge is 2.56. The molecule has 4 saturated carbocycles. The number of hydrogen-bond acceptors (Lipinski definition) is 2. The van der Waals surface area contributed by atoms with Crippen LogP contribution < -0.4 is 5.32 Å². The van der Waals surface area contributed by atoms with Gasteiger partial charge in [-0.05, 0) is 77.7 Å². The number of thiophene rings is 1. The summed E-state index contributed by atoms with van der Waals surface area (Å²) in [6, 6.07) is 8.46. The van der Waals surface area contributed by atoms with E-state index in [1.54, 1.807) is 11.3 Å². The van der Waals surface area contributed by atoms with Crippen molar-refractivity contribution in [2.45, 2.75) is 45.1 Å². The van der Waals surface area contributed by atoms with Crippen molar-refractivity contribution in [1.29, 1.82) is 0 Å².